The second kappa shape index (κ2) is 7.90. The van der Waals surface area contributed by atoms with Crippen LogP contribution in [0.1, 0.15) is 18.9 Å². The molecule has 0 unspecified atom stereocenters. The first-order valence-corrected chi connectivity index (χ1v) is 8.01. The Labute approximate surface area is 129 Å². The Kier molecular flexibility index (Phi) is 6.51. The predicted octanol–water partition coefficient (Wildman–Crippen LogP) is 0.668. The minimum absolute atomic E-state index is 0.0707. The highest BCUT2D eigenvalue weighted by Gasteiger charge is 2.20. The quantitative estimate of drug-likeness (QED) is 0.704. The van der Waals surface area contributed by atoms with Gasteiger partial charge in [-0.3, -0.25) is 9.59 Å². The molecule has 0 atom stereocenters. The lowest BCUT2D eigenvalue weighted by molar-refractivity contribution is -0.140. The SMILES string of the molecule is COC(=O)CCNS(=O)(=O)c1cc(CC(C)=O)ccc1OC. The van der Waals surface area contributed by atoms with Crippen molar-refractivity contribution in [3.8, 4) is 5.75 Å². The number of benzene rings is 1. The number of rotatable bonds is 8. The average Bonchev–Trinajstić information content (AvgIpc) is 2.46. The standard InChI is InChI=1S/C14H19NO6S/c1-10(16)8-11-4-5-12(20-2)13(9-11)22(18,19)15-7-6-14(17)21-3/h4-5,9,15H,6-8H2,1-3H3. The second-order valence-corrected chi connectivity index (χ2v) is 6.32. The molecule has 1 rings (SSSR count). The van der Waals surface area contributed by atoms with E-state index in [-0.39, 0.29) is 35.8 Å². The fraction of sp³-hybridized carbons (Fsp3) is 0.429. The van der Waals surface area contributed by atoms with Gasteiger partial charge in [-0.05, 0) is 24.6 Å². The van der Waals surface area contributed by atoms with Gasteiger partial charge in [-0.1, -0.05) is 6.07 Å². The average molecular weight is 329 g/mol. The van der Waals surface area contributed by atoms with E-state index in [2.05, 4.69) is 9.46 Å². The minimum Gasteiger partial charge on any atom is -0.495 e. The molecule has 0 bridgehead atoms. The first-order valence-electron chi connectivity index (χ1n) is 6.53. The van der Waals surface area contributed by atoms with Crippen molar-refractivity contribution in [2.45, 2.75) is 24.7 Å². The van der Waals surface area contributed by atoms with Crippen molar-refractivity contribution in [1.82, 2.24) is 4.72 Å². The maximum atomic E-state index is 12.3. The largest absolute Gasteiger partial charge is 0.495 e. The van der Waals surface area contributed by atoms with E-state index >= 15 is 0 Å². The summed E-state index contributed by atoms with van der Waals surface area (Å²) in [5.74, 6) is -0.426. The van der Waals surface area contributed by atoms with Crippen LogP contribution in [0.4, 0.5) is 0 Å². The zero-order chi connectivity index (χ0) is 16.8. The van der Waals surface area contributed by atoms with E-state index in [1.807, 2.05) is 0 Å². The van der Waals surface area contributed by atoms with Crippen molar-refractivity contribution in [3.63, 3.8) is 0 Å². The van der Waals surface area contributed by atoms with Crippen LogP contribution in [0, 0.1) is 0 Å². The van der Waals surface area contributed by atoms with Crippen LogP contribution in [0.15, 0.2) is 23.1 Å². The Hall–Kier alpha value is -1.93. The maximum absolute atomic E-state index is 12.3. The number of hydrogen-bond acceptors (Lipinski definition) is 6. The van der Waals surface area contributed by atoms with Crippen molar-refractivity contribution >= 4 is 21.8 Å². The van der Waals surface area contributed by atoms with Crippen LogP contribution in [0.2, 0.25) is 0 Å². The van der Waals surface area contributed by atoms with Crippen LogP contribution in [0.5, 0.6) is 5.75 Å². The number of nitrogens with one attached hydrogen (secondary N) is 1. The normalized spacial score (nSPS) is 11.0. The van der Waals surface area contributed by atoms with E-state index in [0.29, 0.717) is 5.56 Å². The molecular weight excluding hydrogens is 310 g/mol. The van der Waals surface area contributed by atoms with Gasteiger partial charge in [0, 0.05) is 13.0 Å². The predicted molar refractivity (Wildman–Crippen MR) is 79.2 cm³/mol. The molecule has 0 saturated carbocycles. The van der Waals surface area contributed by atoms with E-state index in [1.54, 1.807) is 6.07 Å². The van der Waals surface area contributed by atoms with E-state index in [4.69, 9.17) is 4.74 Å². The number of carbonyl (C=O) groups is 2. The summed E-state index contributed by atoms with van der Waals surface area (Å²) >= 11 is 0. The van der Waals surface area contributed by atoms with E-state index in [1.165, 1.54) is 33.3 Å². The zero-order valence-corrected chi connectivity index (χ0v) is 13.5. The molecule has 0 amide bonds. The second-order valence-electron chi connectivity index (χ2n) is 4.59. The van der Waals surface area contributed by atoms with E-state index < -0.39 is 16.0 Å². The first-order chi connectivity index (χ1) is 10.3. The highest BCUT2D eigenvalue weighted by Crippen LogP contribution is 2.25. The molecular formula is C14H19NO6S. The van der Waals surface area contributed by atoms with Gasteiger partial charge in [0.1, 0.15) is 16.4 Å². The molecule has 0 aliphatic carbocycles. The van der Waals surface area contributed by atoms with Gasteiger partial charge in [0.2, 0.25) is 10.0 Å². The van der Waals surface area contributed by atoms with Gasteiger partial charge in [-0.2, -0.15) is 0 Å². The molecule has 0 saturated heterocycles. The Balaban J connectivity index is 3.00. The number of Topliss-reactive ketones (excluding diaryl/α,β-unsaturated/α-hetero) is 1. The summed E-state index contributed by atoms with van der Waals surface area (Å²) in [7, 11) is -1.28. The van der Waals surface area contributed by atoms with Gasteiger partial charge >= 0.3 is 5.97 Å². The molecule has 0 spiro atoms. The highest BCUT2D eigenvalue weighted by atomic mass is 32.2. The van der Waals surface area contributed by atoms with Crippen LogP contribution >= 0.6 is 0 Å². The molecule has 8 heteroatoms. The Bertz CT molecular complexity index is 653. The number of esters is 1. The molecule has 1 aromatic rings. The Morgan fingerprint density at radius 3 is 2.45 bits per heavy atom. The molecule has 0 radical (unpaired) electrons. The third-order valence-electron chi connectivity index (χ3n) is 2.82. The minimum atomic E-state index is -3.86. The van der Waals surface area contributed by atoms with Gasteiger partial charge in [-0.25, -0.2) is 13.1 Å². The fourth-order valence-corrected chi connectivity index (χ4v) is 3.04. The van der Waals surface area contributed by atoms with E-state index in [9.17, 15) is 18.0 Å². The fourth-order valence-electron chi connectivity index (χ4n) is 1.80. The van der Waals surface area contributed by atoms with Crippen molar-refractivity contribution in [2.24, 2.45) is 0 Å². The van der Waals surface area contributed by atoms with Crippen LogP contribution in [-0.2, 0) is 30.8 Å². The first kappa shape index (κ1) is 18.1. The molecule has 1 N–H and O–H groups in total. The summed E-state index contributed by atoms with van der Waals surface area (Å²) in [6, 6.07) is 4.52. The lowest BCUT2D eigenvalue weighted by Crippen LogP contribution is -2.27. The van der Waals surface area contributed by atoms with Gasteiger partial charge in [0.05, 0.1) is 20.6 Å². The Morgan fingerprint density at radius 1 is 1.23 bits per heavy atom. The molecule has 0 aromatic heterocycles. The van der Waals surface area contributed by atoms with Crippen LogP contribution in [-0.4, -0.2) is 40.9 Å². The third kappa shape index (κ3) is 5.12. The molecule has 122 valence electrons. The van der Waals surface area contributed by atoms with Crippen molar-refractivity contribution in [3.05, 3.63) is 23.8 Å². The molecule has 0 aliphatic rings. The summed E-state index contributed by atoms with van der Waals surface area (Å²) in [6.07, 6.45) is 0.0554. The molecule has 0 aliphatic heterocycles. The summed E-state index contributed by atoms with van der Waals surface area (Å²) in [6.45, 7) is 1.34. The molecule has 0 fully saturated rings. The van der Waals surface area contributed by atoms with Crippen LogP contribution in [0.25, 0.3) is 0 Å². The summed E-state index contributed by atoms with van der Waals surface area (Å²) in [5.41, 5.74) is 0.571. The summed E-state index contributed by atoms with van der Waals surface area (Å²) in [4.78, 5) is 22.1. The number of ether oxygens (including phenoxy) is 2. The van der Waals surface area contributed by atoms with Crippen LogP contribution in [0.3, 0.4) is 0 Å². The third-order valence-corrected chi connectivity index (χ3v) is 4.30. The van der Waals surface area contributed by atoms with Gasteiger partial charge in [0.25, 0.3) is 0 Å². The maximum Gasteiger partial charge on any atom is 0.306 e. The smallest absolute Gasteiger partial charge is 0.306 e. The number of hydrogen-bond donors (Lipinski definition) is 1. The number of ketones is 1. The summed E-state index contributed by atoms with van der Waals surface area (Å²) in [5, 5.41) is 0. The van der Waals surface area contributed by atoms with Gasteiger partial charge in [-0.15, -0.1) is 0 Å². The molecule has 1 aromatic carbocycles. The lowest BCUT2D eigenvalue weighted by Gasteiger charge is -2.12. The van der Waals surface area contributed by atoms with Gasteiger partial charge in [0.15, 0.2) is 0 Å². The zero-order valence-electron chi connectivity index (χ0n) is 12.7. The van der Waals surface area contributed by atoms with Crippen molar-refractivity contribution in [2.75, 3.05) is 20.8 Å². The van der Waals surface area contributed by atoms with Crippen molar-refractivity contribution in [1.29, 1.82) is 0 Å². The number of methoxy groups -OCH3 is 2. The van der Waals surface area contributed by atoms with Crippen molar-refractivity contribution < 1.29 is 27.5 Å². The molecule has 7 nitrogen and oxygen atoms in total. The van der Waals surface area contributed by atoms with E-state index in [0.717, 1.165) is 0 Å². The Morgan fingerprint density at radius 2 is 1.91 bits per heavy atom. The molecule has 0 heterocycles. The number of sulfonamides is 1. The highest BCUT2D eigenvalue weighted by molar-refractivity contribution is 7.89. The monoisotopic (exact) mass is 329 g/mol. The van der Waals surface area contributed by atoms with Gasteiger partial charge < -0.3 is 9.47 Å². The number of carbonyl (C=O) groups excluding carboxylic acids is 2. The summed E-state index contributed by atoms with van der Waals surface area (Å²) < 4.78 is 36.4. The lowest BCUT2D eigenvalue weighted by atomic mass is 10.1. The molecule has 22 heavy (non-hydrogen) atoms. The van der Waals surface area contributed by atoms with Crippen LogP contribution < -0.4 is 9.46 Å². The topological polar surface area (TPSA) is 98.8 Å².